The summed E-state index contributed by atoms with van der Waals surface area (Å²) in [6, 6.07) is 0. The summed E-state index contributed by atoms with van der Waals surface area (Å²) in [5.74, 6) is 0. The molecule has 0 aliphatic heterocycles. The maximum absolute atomic E-state index is 11.5. The zero-order chi connectivity index (χ0) is 14.5. The van der Waals surface area contributed by atoms with Crippen molar-refractivity contribution < 1.29 is 19.2 Å². The normalized spacial score (nSPS) is 11.9. The van der Waals surface area contributed by atoms with Gasteiger partial charge in [0.2, 0.25) is 0 Å². The van der Waals surface area contributed by atoms with Crippen LogP contribution in [0.5, 0.6) is 0 Å². The molecule has 19 heavy (non-hydrogen) atoms. The minimum absolute atomic E-state index is 0.0732. The predicted octanol–water partition coefficient (Wildman–Crippen LogP) is 1.95. The second-order valence-corrected chi connectivity index (χ2v) is 5.25. The fraction of sp³-hybridized carbons (Fsp3) is 0.455. The lowest BCUT2D eigenvalue weighted by Gasteiger charge is -2.18. The molecule has 1 aromatic rings. The molecule has 0 fully saturated rings. The molecule has 1 radical (unpaired) electrons. The van der Waals surface area contributed by atoms with E-state index in [2.05, 4.69) is 20.3 Å². The van der Waals surface area contributed by atoms with Crippen LogP contribution in [0.2, 0.25) is 0 Å². The van der Waals surface area contributed by atoms with Gasteiger partial charge < -0.3 is 9.57 Å². The highest BCUT2D eigenvalue weighted by Crippen LogP contribution is 2.17. The Balaban J connectivity index is 2.73. The molecule has 8 heteroatoms. The van der Waals surface area contributed by atoms with Gasteiger partial charge in [0, 0.05) is 5.38 Å². The Kier molecular flexibility index (Phi) is 4.99. The molecule has 1 heterocycles. The molecule has 1 N–H and O–H groups in total. The summed E-state index contributed by atoms with van der Waals surface area (Å²) >= 11 is 1.14. The van der Waals surface area contributed by atoms with Crippen LogP contribution < -0.4 is 5.32 Å². The number of oxime groups is 1. The van der Waals surface area contributed by atoms with Crippen LogP contribution in [0.4, 0.5) is 9.93 Å². The van der Waals surface area contributed by atoms with Crippen molar-refractivity contribution in [3.63, 3.8) is 0 Å². The van der Waals surface area contributed by atoms with Crippen molar-refractivity contribution in [1.29, 1.82) is 0 Å². The molecule has 0 saturated carbocycles. The van der Waals surface area contributed by atoms with Gasteiger partial charge in [-0.3, -0.25) is 10.1 Å². The molecule has 0 aliphatic rings. The van der Waals surface area contributed by atoms with Crippen molar-refractivity contribution >= 4 is 34.6 Å². The topological polar surface area (TPSA) is 89.9 Å². The van der Waals surface area contributed by atoms with Gasteiger partial charge in [-0.15, -0.1) is 11.3 Å². The van der Waals surface area contributed by atoms with Crippen molar-refractivity contribution in [2.45, 2.75) is 26.4 Å². The summed E-state index contributed by atoms with van der Waals surface area (Å²) in [6.07, 6.45) is 0.982. The van der Waals surface area contributed by atoms with E-state index in [1.165, 1.54) is 7.11 Å². The van der Waals surface area contributed by atoms with E-state index in [-0.39, 0.29) is 11.4 Å². The third-order valence-electron chi connectivity index (χ3n) is 1.63. The Morgan fingerprint density at radius 1 is 1.53 bits per heavy atom. The maximum atomic E-state index is 11.5. The highest BCUT2D eigenvalue weighted by atomic mass is 32.1. The number of thiazole rings is 1. The van der Waals surface area contributed by atoms with Gasteiger partial charge in [0.15, 0.2) is 10.8 Å². The Labute approximate surface area is 114 Å². The van der Waals surface area contributed by atoms with E-state index in [1.807, 2.05) is 0 Å². The average Bonchev–Trinajstić information content (AvgIpc) is 2.71. The van der Waals surface area contributed by atoms with Gasteiger partial charge in [0.25, 0.3) is 6.29 Å². The van der Waals surface area contributed by atoms with Crippen molar-refractivity contribution in [3.8, 4) is 0 Å². The van der Waals surface area contributed by atoms with E-state index in [0.29, 0.717) is 5.13 Å². The largest absolute Gasteiger partial charge is 0.444 e. The highest BCUT2D eigenvalue weighted by Gasteiger charge is 2.18. The number of amides is 1. The van der Waals surface area contributed by atoms with Crippen LogP contribution in [0.25, 0.3) is 0 Å². The summed E-state index contributed by atoms with van der Waals surface area (Å²) in [5.41, 5.74) is -0.396. The first-order chi connectivity index (χ1) is 8.85. The van der Waals surface area contributed by atoms with Crippen LogP contribution in [0.1, 0.15) is 26.5 Å². The molecule has 7 nitrogen and oxygen atoms in total. The molecule has 0 bridgehead atoms. The zero-order valence-electron chi connectivity index (χ0n) is 11.0. The van der Waals surface area contributed by atoms with E-state index in [1.54, 1.807) is 32.4 Å². The van der Waals surface area contributed by atoms with Gasteiger partial charge in [-0.1, -0.05) is 5.16 Å². The quantitative estimate of drug-likeness (QED) is 0.674. The lowest BCUT2D eigenvalue weighted by molar-refractivity contribution is 0.0636. The Hall–Kier alpha value is -1.96. The fourth-order valence-electron chi connectivity index (χ4n) is 1.04. The maximum Gasteiger partial charge on any atom is 0.413 e. The molecule has 0 unspecified atom stereocenters. The first kappa shape index (κ1) is 15.1. The van der Waals surface area contributed by atoms with Gasteiger partial charge >= 0.3 is 6.09 Å². The van der Waals surface area contributed by atoms with Crippen molar-refractivity contribution in [3.05, 3.63) is 11.1 Å². The second kappa shape index (κ2) is 6.28. The molecular weight excluding hydrogens is 270 g/mol. The van der Waals surface area contributed by atoms with Crippen LogP contribution in [0.3, 0.4) is 0 Å². The summed E-state index contributed by atoms with van der Waals surface area (Å²) in [6.45, 7) is 5.26. The van der Waals surface area contributed by atoms with Crippen molar-refractivity contribution in [2.24, 2.45) is 5.16 Å². The van der Waals surface area contributed by atoms with Crippen LogP contribution in [-0.4, -0.2) is 35.8 Å². The van der Waals surface area contributed by atoms with E-state index in [4.69, 9.17) is 4.74 Å². The highest BCUT2D eigenvalue weighted by molar-refractivity contribution is 7.14. The van der Waals surface area contributed by atoms with Crippen LogP contribution in [-0.2, 0) is 14.4 Å². The molecule has 0 atom stereocenters. The molecule has 0 aromatic carbocycles. The van der Waals surface area contributed by atoms with E-state index >= 15 is 0 Å². The standard InChI is InChI=1S/C11H14N3O4S/c1-11(2,3)18-10(16)13-9-12-8(6-19-9)7(5-15)14-17-4/h6H,1-4H3,(H,12,13,16). The fourth-order valence-corrected chi connectivity index (χ4v) is 1.72. The SMILES string of the molecule is CON=C([C]=O)c1csc(NC(=O)OC(C)(C)C)n1. The van der Waals surface area contributed by atoms with Gasteiger partial charge in [0.1, 0.15) is 18.4 Å². The minimum atomic E-state index is -0.617. The molecule has 0 spiro atoms. The molecule has 0 aliphatic carbocycles. The number of carbonyl (C=O) groups is 1. The molecule has 1 aromatic heterocycles. The van der Waals surface area contributed by atoms with Crippen LogP contribution in [0, 0.1) is 0 Å². The summed E-state index contributed by atoms with van der Waals surface area (Å²) in [7, 11) is 1.31. The predicted molar refractivity (Wildman–Crippen MR) is 71.2 cm³/mol. The van der Waals surface area contributed by atoms with E-state index < -0.39 is 11.7 Å². The van der Waals surface area contributed by atoms with Crippen molar-refractivity contribution in [2.75, 3.05) is 12.4 Å². The number of nitrogens with one attached hydrogen (secondary N) is 1. The van der Waals surface area contributed by atoms with Gasteiger partial charge in [-0.05, 0) is 20.8 Å². The van der Waals surface area contributed by atoms with Gasteiger partial charge in [-0.2, -0.15) is 0 Å². The third kappa shape index (κ3) is 5.04. The molecular formula is C11H14N3O4S. The number of hydrogen-bond acceptors (Lipinski definition) is 7. The number of rotatable bonds is 4. The molecule has 1 rings (SSSR count). The van der Waals surface area contributed by atoms with Gasteiger partial charge in [0.05, 0.1) is 0 Å². The number of nitrogens with zero attached hydrogens (tertiary/aromatic N) is 2. The number of carbonyl (C=O) groups excluding carboxylic acids is 2. The first-order valence-corrected chi connectivity index (χ1v) is 6.19. The van der Waals surface area contributed by atoms with Crippen molar-refractivity contribution in [1.82, 2.24) is 4.98 Å². The average molecular weight is 284 g/mol. The summed E-state index contributed by atoms with van der Waals surface area (Å²) in [4.78, 5) is 30.6. The minimum Gasteiger partial charge on any atom is -0.444 e. The van der Waals surface area contributed by atoms with E-state index in [9.17, 15) is 9.59 Å². The Morgan fingerprint density at radius 3 is 2.74 bits per heavy atom. The second-order valence-electron chi connectivity index (χ2n) is 4.39. The molecule has 103 valence electrons. The lowest BCUT2D eigenvalue weighted by atomic mass is 10.2. The van der Waals surface area contributed by atoms with Crippen LogP contribution >= 0.6 is 11.3 Å². The summed E-state index contributed by atoms with van der Waals surface area (Å²) < 4.78 is 5.07. The number of ether oxygens (including phenoxy) is 1. The summed E-state index contributed by atoms with van der Waals surface area (Å²) in [5, 5.41) is 7.76. The monoisotopic (exact) mass is 284 g/mol. The number of aromatic nitrogens is 1. The number of anilines is 1. The molecule has 0 saturated heterocycles. The Bertz CT molecular complexity index is 490. The molecule has 1 amide bonds. The first-order valence-electron chi connectivity index (χ1n) is 5.31. The van der Waals surface area contributed by atoms with Gasteiger partial charge in [-0.25, -0.2) is 9.78 Å². The number of hydrogen-bond donors (Lipinski definition) is 1. The lowest BCUT2D eigenvalue weighted by Crippen LogP contribution is -2.27. The smallest absolute Gasteiger partial charge is 0.413 e. The third-order valence-corrected chi connectivity index (χ3v) is 2.39. The van der Waals surface area contributed by atoms with Crippen LogP contribution in [0.15, 0.2) is 10.5 Å². The zero-order valence-corrected chi connectivity index (χ0v) is 11.8. The Morgan fingerprint density at radius 2 is 2.21 bits per heavy atom. The van der Waals surface area contributed by atoms with E-state index in [0.717, 1.165) is 11.3 Å².